The Morgan fingerprint density at radius 3 is 2.78 bits per heavy atom. The number of rotatable bonds is 3. The summed E-state index contributed by atoms with van der Waals surface area (Å²) in [6.45, 7) is 2.25. The molecule has 0 radical (unpaired) electrons. The quantitative estimate of drug-likeness (QED) is 0.930. The van der Waals surface area contributed by atoms with Gasteiger partial charge in [0, 0.05) is 21.8 Å². The van der Waals surface area contributed by atoms with E-state index in [1.165, 1.54) is 0 Å². The molecule has 0 amide bonds. The Bertz CT molecular complexity index is 573. The Labute approximate surface area is 115 Å². The molecule has 0 spiro atoms. The number of hydrogen-bond donors (Lipinski definition) is 1. The van der Waals surface area contributed by atoms with Gasteiger partial charge in [-0.3, -0.25) is 0 Å². The highest BCUT2D eigenvalue weighted by molar-refractivity contribution is 6.35. The number of nitrogen functional groups attached to an aromatic ring is 1. The first-order chi connectivity index (χ1) is 8.56. The van der Waals surface area contributed by atoms with Crippen molar-refractivity contribution in [2.75, 3.05) is 5.73 Å². The van der Waals surface area contributed by atoms with Crippen LogP contribution in [0.1, 0.15) is 11.1 Å². The maximum absolute atomic E-state index is 6.06. The maximum atomic E-state index is 6.06. The van der Waals surface area contributed by atoms with Gasteiger partial charge >= 0.3 is 0 Å². The summed E-state index contributed by atoms with van der Waals surface area (Å²) in [5.41, 5.74) is 7.56. The van der Waals surface area contributed by atoms with Gasteiger partial charge in [-0.2, -0.15) is 0 Å². The van der Waals surface area contributed by atoms with E-state index in [1.807, 2.05) is 19.1 Å². The van der Waals surface area contributed by atoms with Gasteiger partial charge in [-0.25, -0.2) is 4.98 Å². The minimum atomic E-state index is 0.325. The molecule has 1 aromatic carbocycles. The lowest BCUT2D eigenvalue weighted by atomic mass is 10.2. The summed E-state index contributed by atoms with van der Waals surface area (Å²) in [5.74, 6) is 0.923. The second kappa shape index (κ2) is 5.46. The molecular formula is C13H12Cl2N2O. The van der Waals surface area contributed by atoms with Gasteiger partial charge in [0.25, 0.3) is 0 Å². The fourth-order valence-corrected chi connectivity index (χ4v) is 1.93. The Morgan fingerprint density at radius 2 is 2.06 bits per heavy atom. The Morgan fingerprint density at radius 1 is 1.28 bits per heavy atom. The lowest BCUT2D eigenvalue weighted by Crippen LogP contribution is -2.01. The van der Waals surface area contributed by atoms with Crippen LogP contribution in [-0.2, 0) is 6.61 Å². The predicted octanol–water partition coefficient (Wildman–Crippen LogP) is 3.86. The summed E-state index contributed by atoms with van der Waals surface area (Å²) in [5, 5.41) is 1.17. The van der Waals surface area contributed by atoms with E-state index < -0.39 is 0 Å². The van der Waals surface area contributed by atoms with Gasteiger partial charge in [-0.15, -0.1) is 0 Å². The van der Waals surface area contributed by atoms with Gasteiger partial charge in [0.1, 0.15) is 6.61 Å². The van der Waals surface area contributed by atoms with E-state index in [4.69, 9.17) is 33.7 Å². The van der Waals surface area contributed by atoms with Crippen molar-refractivity contribution < 1.29 is 4.74 Å². The molecule has 0 unspecified atom stereocenters. The molecule has 18 heavy (non-hydrogen) atoms. The summed E-state index contributed by atoms with van der Waals surface area (Å²) in [6, 6.07) is 7.11. The largest absolute Gasteiger partial charge is 0.485 e. The van der Waals surface area contributed by atoms with Crippen LogP contribution in [-0.4, -0.2) is 4.98 Å². The molecular weight excluding hydrogens is 271 g/mol. The van der Waals surface area contributed by atoms with E-state index in [9.17, 15) is 0 Å². The van der Waals surface area contributed by atoms with Crippen molar-refractivity contribution in [2.45, 2.75) is 13.5 Å². The van der Waals surface area contributed by atoms with Crippen molar-refractivity contribution in [1.29, 1.82) is 0 Å². The molecule has 0 aliphatic carbocycles. The molecule has 0 fully saturated rings. The zero-order chi connectivity index (χ0) is 13.1. The minimum Gasteiger partial charge on any atom is -0.485 e. The smallest absolute Gasteiger partial charge is 0.166 e. The predicted molar refractivity (Wildman–Crippen MR) is 74.2 cm³/mol. The standard InChI is InChI=1S/C13H12Cl2N2O/c1-8-4-12(13(16)17-6-8)18-7-9-2-3-10(14)5-11(9)15/h2-6H,7H2,1H3,(H2,16,17). The molecule has 5 heteroatoms. The molecule has 3 nitrogen and oxygen atoms in total. The van der Waals surface area contributed by atoms with Crippen molar-refractivity contribution >= 4 is 29.0 Å². The number of ether oxygens (including phenoxy) is 1. The van der Waals surface area contributed by atoms with Crippen LogP contribution in [0.15, 0.2) is 30.5 Å². The Balaban J connectivity index is 2.13. The first-order valence-corrected chi connectivity index (χ1v) is 6.10. The Hall–Kier alpha value is -1.45. The van der Waals surface area contributed by atoms with E-state index in [2.05, 4.69) is 4.98 Å². The highest BCUT2D eigenvalue weighted by atomic mass is 35.5. The van der Waals surface area contributed by atoms with Crippen LogP contribution >= 0.6 is 23.2 Å². The summed E-state index contributed by atoms with van der Waals surface area (Å²) in [6.07, 6.45) is 1.69. The molecule has 0 saturated carbocycles. The third kappa shape index (κ3) is 3.06. The van der Waals surface area contributed by atoms with Crippen LogP contribution in [0.3, 0.4) is 0 Å². The molecule has 1 heterocycles. The second-order valence-corrected chi connectivity index (χ2v) is 4.76. The van der Waals surface area contributed by atoms with Crippen LogP contribution in [0, 0.1) is 6.92 Å². The monoisotopic (exact) mass is 282 g/mol. The second-order valence-electron chi connectivity index (χ2n) is 3.92. The summed E-state index contributed by atoms with van der Waals surface area (Å²) < 4.78 is 5.61. The molecule has 0 atom stereocenters. The van der Waals surface area contributed by atoms with Crippen LogP contribution in [0.5, 0.6) is 5.75 Å². The van der Waals surface area contributed by atoms with Crippen molar-refractivity contribution in [1.82, 2.24) is 4.98 Å². The number of benzene rings is 1. The van der Waals surface area contributed by atoms with Crippen molar-refractivity contribution in [3.05, 3.63) is 51.6 Å². The highest BCUT2D eigenvalue weighted by Crippen LogP contribution is 2.25. The number of hydrogen-bond acceptors (Lipinski definition) is 3. The first-order valence-electron chi connectivity index (χ1n) is 5.35. The van der Waals surface area contributed by atoms with Crippen molar-refractivity contribution in [3.8, 4) is 5.75 Å². The fraction of sp³-hybridized carbons (Fsp3) is 0.154. The van der Waals surface area contributed by atoms with Gasteiger partial charge in [-0.05, 0) is 30.7 Å². The zero-order valence-corrected chi connectivity index (χ0v) is 11.3. The summed E-state index contributed by atoms with van der Waals surface area (Å²) >= 11 is 11.9. The van der Waals surface area contributed by atoms with Crippen LogP contribution < -0.4 is 10.5 Å². The van der Waals surface area contributed by atoms with Crippen molar-refractivity contribution in [2.24, 2.45) is 0 Å². The van der Waals surface area contributed by atoms with Crippen molar-refractivity contribution in [3.63, 3.8) is 0 Å². The molecule has 1 aromatic heterocycles. The van der Waals surface area contributed by atoms with Crippen LogP contribution in [0.2, 0.25) is 10.0 Å². The SMILES string of the molecule is Cc1cnc(N)c(OCc2ccc(Cl)cc2Cl)c1. The van der Waals surface area contributed by atoms with Crippen LogP contribution in [0.25, 0.3) is 0 Å². The molecule has 2 aromatic rings. The average Bonchev–Trinajstić information content (AvgIpc) is 2.32. The molecule has 94 valence electrons. The zero-order valence-electron chi connectivity index (χ0n) is 9.78. The molecule has 0 bridgehead atoms. The van der Waals surface area contributed by atoms with Crippen LogP contribution in [0.4, 0.5) is 5.82 Å². The topological polar surface area (TPSA) is 48.1 Å². The summed E-state index contributed by atoms with van der Waals surface area (Å²) in [4.78, 5) is 4.03. The molecule has 0 aliphatic heterocycles. The molecule has 0 saturated heterocycles. The fourth-order valence-electron chi connectivity index (χ4n) is 1.46. The number of anilines is 1. The van der Waals surface area contributed by atoms with E-state index in [0.29, 0.717) is 28.2 Å². The van der Waals surface area contributed by atoms with Gasteiger partial charge in [-0.1, -0.05) is 29.3 Å². The number of aryl methyl sites for hydroxylation is 1. The number of aromatic nitrogens is 1. The molecule has 2 rings (SSSR count). The van der Waals surface area contributed by atoms with E-state index in [0.717, 1.165) is 11.1 Å². The number of halogens is 2. The molecule has 2 N–H and O–H groups in total. The normalized spacial score (nSPS) is 10.4. The average molecular weight is 283 g/mol. The summed E-state index contributed by atoms with van der Waals surface area (Å²) in [7, 11) is 0. The number of pyridine rings is 1. The van der Waals surface area contributed by atoms with E-state index in [1.54, 1.807) is 18.3 Å². The third-order valence-corrected chi connectivity index (χ3v) is 3.00. The van der Waals surface area contributed by atoms with E-state index >= 15 is 0 Å². The Kier molecular flexibility index (Phi) is 3.94. The van der Waals surface area contributed by atoms with Gasteiger partial charge in [0.2, 0.25) is 0 Å². The maximum Gasteiger partial charge on any atom is 0.166 e. The lowest BCUT2D eigenvalue weighted by Gasteiger charge is -2.10. The lowest BCUT2D eigenvalue weighted by molar-refractivity contribution is 0.307. The first kappa shape index (κ1) is 13.0. The van der Waals surface area contributed by atoms with Gasteiger partial charge in [0.15, 0.2) is 11.6 Å². The van der Waals surface area contributed by atoms with Gasteiger partial charge in [0.05, 0.1) is 0 Å². The number of nitrogens with zero attached hydrogens (tertiary/aromatic N) is 1. The van der Waals surface area contributed by atoms with E-state index in [-0.39, 0.29) is 0 Å². The van der Waals surface area contributed by atoms with Gasteiger partial charge < -0.3 is 10.5 Å². The highest BCUT2D eigenvalue weighted by Gasteiger charge is 2.05. The molecule has 0 aliphatic rings. The minimum absolute atomic E-state index is 0.325. The number of nitrogens with two attached hydrogens (primary N) is 1. The third-order valence-electron chi connectivity index (χ3n) is 2.42.